The lowest BCUT2D eigenvalue weighted by molar-refractivity contribution is -0.136. The number of carbonyl (C=O) groups is 1. The van der Waals surface area contributed by atoms with E-state index in [2.05, 4.69) is 9.97 Å². The molecular formula is C11H13N3O2S. The maximum Gasteiger partial charge on any atom is 0.305 e. The van der Waals surface area contributed by atoms with Gasteiger partial charge in [0.2, 0.25) is 0 Å². The summed E-state index contributed by atoms with van der Waals surface area (Å²) in [5, 5.41) is 11.7. The maximum absolute atomic E-state index is 10.6. The summed E-state index contributed by atoms with van der Waals surface area (Å²) in [4.78, 5) is 21.8. The lowest BCUT2D eigenvalue weighted by Crippen LogP contribution is -2.22. The smallest absolute Gasteiger partial charge is 0.305 e. The van der Waals surface area contributed by atoms with Crippen molar-refractivity contribution >= 4 is 33.3 Å². The third-order valence-electron chi connectivity index (χ3n) is 2.56. The minimum Gasteiger partial charge on any atom is -0.481 e. The third kappa shape index (κ3) is 2.36. The molecule has 6 heteroatoms. The molecule has 0 bridgehead atoms. The number of carboxylic acid groups (broad SMARTS) is 1. The van der Waals surface area contributed by atoms with Crippen molar-refractivity contribution in [1.82, 2.24) is 9.97 Å². The first-order valence-corrected chi connectivity index (χ1v) is 6.09. The van der Waals surface area contributed by atoms with Crippen LogP contribution in [0.15, 0.2) is 11.7 Å². The monoisotopic (exact) mass is 251 g/mol. The van der Waals surface area contributed by atoms with Crippen LogP contribution in [0.5, 0.6) is 0 Å². The molecule has 2 aromatic heterocycles. The number of thiophene rings is 1. The Hall–Kier alpha value is -1.69. The van der Waals surface area contributed by atoms with Crippen molar-refractivity contribution in [2.24, 2.45) is 0 Å². The molecule has 0 aliphatic rings. The summed E-state index contributed by atoms with van der Waals surface area (Å²) in [6.07, 6.45) is 1.62. The molecule has 0 fully saturated rings. The second-order valence-electron chi connectivity index (χ2n) is 3.86. The molecule has 0 amide bonds. The van der Waals surface area contributed by atoms with E-state index in [0.717, 1.165) is 21.6 Å². The summed E-state index contributed by atoms with van der Waals surface area (Å²) < 4.78 is 0. The van der Waals surface area contributed by atoms with E-state index in [4.69, 9.17) is 5.11 Å². The van der Waals surface area contributed by atoms with Gasteiger partial charge in [-0.3, -0.25) is 4.79 Å². The number of aryl methyl sites for hydroxylation is 1. The van der Waals surface area contributed by atoms with Gasteiger partial charge < -0.3 is 10.0 Å². The number of hydrogen-bond donors (Lipinski definition) is 1. The molecule has 90 valence electrons. The molecular weight excluding hydrogens is 238 g/mol. The van der Waals surface area contributed by atoms with Gasteiger partial charge in [0.25, 0.3) is 0 Å². The highest BCUT2D eigenvalue weighted by Gasteiger charge is 2.12. The molecule has 0 radical (unpaired) electrons. The minimum absolute atomic E-state index is 0.102. The zero-order chi connectivity index (χ0) is 12.4. The van der Waals surface area contributed by atoms with E-state index in [1.807, 2.05) is 24.3 Å². The number of carboxylic acids is 1. The van der Waals surface area contributed by atoms with Crippen molar-refractivity contribution in [3.8, 4) is 0 Å². The van der Waals surface area contributed by atoms with E-state index in [-0.39, 0.29) is 6.42 Å². The van der Waals surface area contributed by atoms with Crippen LogP contribution >= 0.6 is 11.3 Å². The largest absolute Gasteiger partial charge is 0.481 e. The van der Waals surface area contributed by atoms with E-state index in [1.54, 1.807) is 11.3 Å². The van der Waals surface area contributed by atoms with Crippen LogP contribution in [-0.2, 0) is 4.79 Å². The van der Waals surface area contributed by atoms with E-state index in [0.29, 0.717) is 6.54 Å². The van der Waals surface area contributed by atoms with E-state index >= 15 is 0 Å². The van der Waals surface area contributed by atoms with Crippen molar-refractivity contribution in [2.75, 3.05) is 18.5 Å². The second-order valence-corrected chi connectivity index (χ2v) is 4.72. The number of fused-ring (bicyclic) bond motifs is 1. The quantitative estimate of drug-likeness (QED) is 0.899. The molecule has 0 saturated carbocycles. The van der Waals surface area contributed by atoms with Crippen LogP contribution < -0.4 is 4.90 Å². The van der Waals surface area contributed by atoms with Crippen LogP contribution in [0.4, 0.5) is 5.82 Å². The summed E-state index contributed by atoms with van der Waals surface area (Å²) in [7, 11) is 1.85. The first-order valence-electron chi connectivity index (χ1n) is 5.21. The average molecular weight is 251 g/mol. The Kier molecular flexibility index (Phi) is 3.23. The van der Waals surface area contributed by atoms with Gasteiger partial charge in [-0.1, -0.05) is 0 Å². The normalized spacial score (nSPS) is 10.7. The number of hydrogen-bond acceptors (Lipinski definition) is 5. The SMILES string of the molecule is Cc1csc2ncnc(N(C)CCC(=O)O)c12. The highest BCUT2D eigenvalue weighted by atomic mass is 32.1. The molecule has 0 aliphatic heterocycles. The Morgan fingerprint density at radius 3 is 3.00 bits per heavy atom. The fourth-order valence-electron chi connectivity index (χ4n) is 1.66. The maximum atomic E-state index is 10.6. The molecule has 0 aromatic carbocycles. The first-order chi connectivity index (χ1) is 8.09. The lowest BCUT2D eigenvalue weighted by atomic mass is 10.2. The van der Waals surface area contributed by atoms with Gasteiger partial charge in [-0.25, -0.2) is 9.97 Å². The Labute approximate surface area is 103 Å². The van der Waals surface area contributed by atoms with Gasteiger partial charge in [0.1, 0.15) is 17.0 Å². The standard InChI is InChI=1S/C11H13N3O2S/c1-7-5-17-11-9(7)10(12-6-13-11)14(2)4-3-8(15)16/h5-6H,3-4H2,1-2H3,(H,15,16). The zero-order valence-corrected chi connectivity index (χ0v) is 10.5. The van der Waals surface area contributed by atoms with Crippen molar-refractivity contribution in [3.05, 3.63) is 17.3 Å². The molecule has 0 unspecified atom stereocenters. The van der Waals surface area contributed by atoms with Crippen LogP contribution in [0.25, 0.3) is 10.2 Å². The number of aromatic nitrogens is 2. The Balaban J connectivity index is 2.34. The van der Waals surface area contributed by atoms with Crippen molar-refractivity contribution < 1.29 is 9.90 Å². The number of nitrogens with zero attached hydrogens (tertiary/aromatic N) is 3. The molecule has 2 aromatic rings. The highest BCUT2D eigenvalue weighted by molar-refractivity contribution is 7.17. The fraction of sp³-hybridized carbons (Fsp3) is 0.364. The van der Waals surface area contributed by atoms with Gasteiger partial charge in [-0.15, -0.1) is 11.3 Å². The summed E-state index contributed by atoms with van der Waals surface area (Å²) in [6.45, 7) is 2.45. The van der Waals surface area contributed by atoms with Crippen LogP contribution in [0.3, 0.4) is 0 Å². The summed E-state index contributed by atoms with van der Waals surface area (Å²) in [5.41, 5.74) is 1.13. The molecule has 0 spiro atoms. The molecule has 5 nitrogen and oxygen atoms in total. The van der Waals surface area contributed by atoms with E-state index in [1.165, 1.54) is 6.33 Å². The fourth-order valence-corrected chi connectivity index (χ4v) is 2.54. The van der Waals surface area contributed by atoms with Gasteiger partial charge >= 0.3 is 5.97 Å². The van der Waals surface area contributed by atoms with Crippen LogP contribution in [0.2, 0.25) is 0 Å². The summed E-state index contributed by atoms with van der Waals surface area (Å²) in [6, 6.07) is 0. The molecule has 0 aliphatic carbocycles. The van der Waals surface area contributed by atoms with Crippen LogP contribution in [-0.4, -0.2) is 34.6 Å². The number of aliphatic carboxylic acids is 1. The predicted molar refractivity (Wildman–Crippen MR) is 67.7 cm³/mol. The molecule has 0 atom stereocenters. The Bertz CT molecular complexity index is 553. The first kappa shape index (κ1) is 11.8. The predicted octanol–water partition coefficient (Wildman–Crippen LogP) is 1.91. The molecule has 1 N–H and O–H groups in total. The number of anilines is 1. The van der Waals surface area contributed by atoms with Crippen LogP contribution in [0.1, 0.15) is 12.0 Å². The number of rotatable bonds is 4. The molecule has 2 heterocycles. The molecule has 17 heavy (non-hydrogen) atoms. The van der Waals surface area contributed by atoms with Gasteiger partial charge in [0.05, 0.1) is 11.8 Å². The van der Waals surface area contributed by atoms with E-state index in [9.17, 15) is 4.79 Å². The van der Waals surface area contributed by atoms with Crippen molar-refractivity contribution in [2.45, 2.75) is 13.3 Å². The highest BCUT2D eigenvalue weighted by Crippen LogP contribution is 2.30. The van der Waals surface area contributed by atoms with Gasteiger partial charge in [-0.05, 0) is 17.9 Å². The summed E-state index contributed by atoms with van der Waals surface area (Å²) >= 11 is 1.58. The van der Waals surface area contributed by atoms with Crippen molar-refractivity contribution in [1.29, 1.82) is 0 Å². The van der Waals surface area contributed by atoms with E-state index < -0.39 is 5.97 Å². The lowest BCUT2D eigenvalue weighted by Gasteiger charge is -2.17. The Morgan fingerprint density at radius 2 is 2.29 bits per heavy atom. The third-order valence-corrected chi connectivity index (χ3v) is 3.56. The second kappa shape index (κ2) is 4.67. The van der Waals surface area contributed by atoms with Gasteiger partial charge in [-0.2, -0.15) is 0 Å². The average Bonchev–Trinajstić information content (AvgIpc) is 2.68. The summed E-state index contributed by atoms with van der Waals surface area (Å²) in [5.74, 6) is -0.000749. The van der Waals surface area contributed by atoms with Crippen molar-refractivity contribution in [3.63, 3.8) is 0 Å². The zero-order valence-electron chi connectivity index (χ0n) is 9.67. The van der Waals surface area contributed by atoms with Gasteiger partial charge in [0.15, 0.2) is 0 Å². The van der Waals surface area contributed by atoms with Crippen LogP contribution in [0, 0.1) is 6.92 Å². The van der Waals surface area contributed by atoms with Gasteiger partial charge in [0, 0.05) is 13.6 Å². The molecule has 0 saturated heterocycles. The minimum atomic E-state index is -0.802. The molecule has 2 rings (SSSR count). The Morgan fingerprint density at radius 1 is 1.53 bits per heavy atom. The topological polar surface area (TPSA) is 66.3 Å².